The number of pyridine rings is 1. The zero-order chi connectivity index (χ0) is 13.4. The molecule has 102 valence electrons. The van der Waals surface area contributed by atoms with Crippen LogP contribution in [-0.4, -0.2) is 37.1 Å². The molecule has 4 heteroatoms. The first kappa shape index (κ1) is 15.3. The maximum absolute atomic E-state index is 4.41. The first-order valence-corrected chi connectivity index (χ1v) is 7.94. The lowest BCUT2D eigenvalue weighted by Crippen LogP contribution is -2.24. The van der Waals surface area contributed by atoms with Gasteiger partial charge in [0.2, 0.25) is 0 Å². The summed E-state index contributed by atoms with van der Waals surface area (Å²) in [4.78, 5) is 6.74. The Balaban J connectivity index is 2.75. The Kier molecular flexibility index (Phi) is 7.13. The lowest BCUT2D eigenvalue weighted by molar-refractivity contribution is 0.672. The highest BCUT2D eigenvalue weighted by Crippen LogP contribution is 2.20. The standard InChI is InChI=1S/C14H25N3S/c1-5-6-15-10-13-11-16-12(2)9-14(13)17(3)7-8-18-4/h9,11,15H,5-8,10H2,1-4H3. The van der Waals surface area contributed by atoms with E-state index < -0.39 is 0 Å². The molecule has 1 heterocycles. The fourth-order valence-corrected chi connectivity index (χ4v) is 2.27. The van der Waals surface area contributed by atoms with E-state index in [1.165, 1.54) is 11.3 Å². The van der Waals surface area contributed by atoms with Crippen LogP contribution in [0.2, 0.25) is 0 Å². The molecule has 1 rings (SSSR count). The van der Waals surface area contributed by atoms with Crippen molar-refractivity contribution in [1.29, 1.82) is 0 Å². The van der Waals surface area contributed by atoms with E-state index >= 15 is 0 Å². The molecular formula is C14H25N3S. The Hall–Kier alpha value is -0.740. The molecule has 0 aliphatic rings. The Morgan fingerprint density at radius 3 is 2.89 bits per heavy atom. The van der Waals surface area contributed by atoms with Gasteiger partial charge in [-0.1, -0.05) is 6.92 Å². The summed E-state index contributed by atoms with van der Waals surface area (Å²) in [6, 6.07) is 2.18. The van der Waals surface area contributed by atoms with Crippen LogP contribution in [0.1, 0.15) is 24.6 Å². The second-order valence-corrected chi connectivity index (χ2v) is 5.53. The van der Waals surface area contributed by atoms with E-state index in [1.807, 2.05) is 18.0 Å². The largest absolute Gasteiger partial charge is 0.373 e. The number of nitrogens with zero attached hydrogens (tertiary/aromatic N) is 2. The average Bonchev–Trinajstić information content (AvgIpc) is 2.38. The molecule has 0 saturated carbocycles. The molecule has 0 atom stereocenters. The minimum Gasteiger partial charge on any atom is -0.373 e. The van der Waals surface area contributed by atoms with Crippen LogP contribution in [0.25, 0.3) is 0 Å². The van der Waals surface area contributed by atoms with Gasteiger partial charge in [0, 0.05) is 49.0 Å². The molecule has 0 radical (unpaired) electrons. The fraction of sp³-hybridized carbons (Fsp3) is 0.643. The van der Waals surface area contributed by atoms with Crippen LogP contribution in [0, 0.1) is 6.92 Å². The molecule has 0 saturated heterocycles. The third kappa shape index (κ3) is 4.86. The summed E-state index contributed by atoms with van der Waals surface area (Å²) in [7, 11) is 2.16. The summed E-state index contributed by atoms with van der Waals surface area (Å²) >= 11 is 1.88. The number of aryl methyl sites for hydroxylation is 1. The van der Waals surface area contributed by atoms with Gasteiger partial charge in [-0.15, -0.1) is 0 Å². The molecule has 0 amide bonds. The predicted octanol–water partition coefficient (Wildman–Crippen LogP) is 2.69. The number of rotatable bonds is 8. The maximum atomic E-state index is 4.41. The third-order valence-corrected chi connectivity index (χ3v) is 3.47. The summed E-state index contributed by atoms with van der Waals surface area (Å²) in [5.74, 6) is 1.15. The van der Waals surface area contributed by atoms with Gasteiger partial charge in [-0.25, -0.2) is 0 Å². The average molecular weight is 267 g/mol. The summed E-state index contributed by atoms with van der Waals surface area (Å²) in [6.45, 7) is 7.27. The number of nitrogens with one attached hydrogen (secondary N) is 1. The van der Waals surface area contributed by atoms with Crippen molar-refractivity contribution in [3.05, 3.63) is 23.5 Å². The SMILES string of the molecule is CCCNCc1cnc(C)cc1N(C)CCSC. The molecule has 18 heavy (non-hydrogen) atoms. The number of anilines is 1. The Labute approximate surface area is 115 Å². The number of hydrogen-bond donors (Lipinski definition) is 1. The number of aromatic nitrogens is 1. The van der Waals surface area contributed by atoms with E-state index in [1.54, 1.807) is 0 Å². The fourth-order valence-electron chi connectivity index (χ4n) is 1.81. The summed E-state index contributed by atoms with van der Waals surface area (Å²) in [6.07, 6.45) is 5.31. The zero-order valence-electron chi connectivity index (χ0n) is 12.0. The molecule has 0 aromatic carbocycles. The van der Waals surface area contributed by atoms with Crippen LogP contribution in [0.4, 0.5) is 5.69 Å². The maximum Gasteiger partial charge on any atom is 0.0443 e. The molecule has 0 aliphatic carbocycles. The smallest absolute Gasteiger partial charge is 0.0443 e. The van der Waals surface area contributed by atoms with E-state index in [0.717, 1.165) is 37.5 Å². The zero-order valence-corrected chi connectivity index (χ0v) is 12.8. The van der Waals surface area contributed by atoms with E-state index in [0.29, 0.717) is 0 Å². The lowest BCUT2D eigenvalue weighted by Gasteiger charge is -2.22. The number of thioether (sulfide) groups is 1. The van der Waals surface area contributed by atoms with Gasteiger partial charge in [0.1, 0.15) is 0 Å². The van der Waals surface area contributed by atoms with Crippen molar-refractivity contribution in [2.45, 2.75) is 26.8 Å². The second kappa shape index (κ2) is 8.38. The quantitative estimate of drug-likeness (QED) is 0.733. The summed E-state index contributed by atoms with van der Waals surface area (Å²) in [5, 5.41) is 3.45. The van der Waals surface area contributed by atoms with Crippen LogP contribution in [0.3, 0.4) is 0 Å². The first-order chi connectivity index (χ1) is 8.69. The van der Waals surface area contributed by atoms with Crippen LogP contribution in [0.15, 0.2) is 12.3 Å². The monoisotopic (exact) mass is 267 g/mol. The molecule has 1 aromatic rings. The van der Waals surface area contributed by atoms with Gasteiger partial charge in [0.05, 0.1) is 0 Å². The van der Waals surface area contributed by atoms with Crippen molar-refractivity contribution in [2.75, 3.05) is 37.0 Å². The highest BCUT2D eigenvalue weighted by molar-refractivity contribution is 7.98. The van der Waals surface area contributed by atoms with Crippen molar-refractivity contribution >= 4 is 17.4 Å². The topological polar surface area (TPSA) is 28.2 Å². The minimum atomic E-state index is 0.903. The van der Waals surface area contributed by atoms with Gasteiger partial charge in [0.25, 0.3) is 0 Å². The van der Waals surface area contributed by atoms with E-state index in [2.05, 4.69) is 48.4 Å². The Bertz CT molecular complexity index is 355. The molecular weight excluding hydrogens is 242 g/mol. The van der Waals surface area contributed by atoms with E-state index in [4.69, 9.17) is 0 Å². The van der Waals surface area contributed by atoms with Crippen molar-refractivity contribution in [3.63, 3.8) is 0 Å². The van der Waals surface area contributed by atoms with Crippen molar-refractivity contribution in [1.82, 2.24) is 10.3 Å². The van der Waals surface area contributed by atoms with Crippen LogP contribution in [0.5, 0.6) is 0 Å². The molecule has 0 bridgehead atoms. The molecule has 1 aromatic heterocycles. The summed E-state index contributed by atoms with van der Waals surface area (Å²) < 4.78 is 0. The normalized spacial score (nSPS) is 10.7. The minimum absolute atomic E-state index is 0.903. The molecule has 3 nitrogen and oxygen atoms in total. The van der Waals surface area contributed by atoms with E-state index in [9.17, 15) is 0 Å². The van der Waals surface area contributed by atoms with Crippen molar-refractivity contribution in [3.8, 4) is 0 Å². The van der Waals surface area contributed by atoms with Gasteiger partial charge in [-0.2, -0.15) is 11.8 Å². The first-order valence-electron chi connectivity index (χ1n) is 6.55. The highest BCUT2D eigenvalue weighted by Gasteiger charge is 2.08. The molecule has 1 N–H and O–H groups in total. The van der Waals surface area contributed by atoms with Gasteiger partial charge in [-0.05, 0) is 32.2 Å². The van der Waals surface area contributed by atoms with E-state index in [-0.39, 0.29) is 0 Å². The predicted molar refractivity (Wildman–Crippen MR) is 82.6 cm³/mol. The van der Waals surface area contributed by atoms with Crippen LogP contribution in [-0.2, 0) is 6.54 Å². The second-order valence-electron chi connectivity index (χ2n) is 4.55. The Morgan fingerprint density at radius 1 is 1.44 bits per heavy atom. The van der Waals surface area contributed by atoms with Crippen LogP contribution < -0.4 is 10.2 Å². The molecule has 0 aliphatic heterocycles. The van der Waals surface area contributed by atoms with Gasteiger partial charge >= 0.3 is 0 Å². The Morgan fingerprint density at radius 2 is 2.22 bits per heavy atom. The van der Waals surface area contributed by atoms with Gasteiger partial charge in [-0.3, -0.25) is 4.98 Å². The van der Waals surface area contributed by atoms with Crippen molar-refractivity contribution < 1.29 is 0 Å². The van der Waals surface area contributed by atoms with Gasteiger partial charge < -0.3 is 10.2 Å². The van der Waals surface area contributed by atoms with Gasteiger partial charge in [0.15, 0.2) is 0 Å². The molecule has 0 fully saturated rings. The highest BCUT2D eigenvalue weighted by atomic mass is 32.2. The van der Waals surface area contributed by atoms with Crippen molar-refractivity contribution in [2.24, 2.45) is 0 Å². The molecule has 0 unspecified atom stereocenters. The summed E-state index contributed by atoms with van der Waals surface area (Å²) in [5.41, 5.74) is 3.68. The number of hydrogen-bond acceptors (Lipinski definition) is 4. The third-order valence-electron chi connectivity index (χ3n) is 2.88. The lowest BCUT2D eigenvalue weighted by atomic mass is 10.2. The van der Waals surface area contributed by atoms with Crippen LogP contribution >= 0.6 is 11.8 Å². The molecule has 0 spiro atoms.